The zero-order valence-electron chi connectivity index (χ0n) is 13.6. The van der Waals surface area contributed by atoms with Crippen molar-refractivity contribution in [1.29, 1.82) is 0 Å². The fourth-order valence-corrected chi connectivity index (χ4v) is 2.47. The van der Waals surface area contributed by atoms with Crippen molar-refractivity contribution in [3.63, 3.8) is 0 Å². The molecule has 122 valence electrons. The molecule has 0 saturated heterocycles. The summed E-state index contributed by atoms with van der Waals surface area (Å²) in [6.07, 6.45) is 12.7. The first-order chi connectivity index (χ1) is 11.3. The highest BCUT2D eigenvalue weighted by atomic mass is 16.3. The van der Waals surface area contributed by atoms with Crippen molar-refractivity contribution in [2.24, 2.45) is 4.99 Å². The van der Waals surface area contributed by atoms with Gasteiger partial charge in [0.25, 0.3) is 0 Å². The van der Waals surface area contributed by atoms with Crippen molar-refractivity contribution in [3.05, 3.63) is 66.2 Å². The number of hydrogen-bond donors (Lipinski definition) is 1. The summed E-state index contributed by atoms with van der Waals surface area (Å²) in [5.74, 6) is 0. The second kappa shape index (κ2) is 9.87. The molecule has 1 aliphatic rings. The van der Waals surface area contributed by atoms with E-state index in [9.17, 15) is 5.11 Å². The maximum Gasteiger partial charge on any atom is 0.0678 e. The van der Waals surface area contributed by atoms with Gasteiger partial charge in [-0.25, -0.2) is 0 Å². The summed E-state index contributed by atoms with van der Waals surface area (Å²) in [6.45, 7) is 6.26. The lowest BCUT2D eigenvalue weighted by atomic mass is 10.2. The van der Waals surface area contributed by atoms with Crippen molar-refractivity contribution in [3.8, 4) is 0 Å². The number of aliphatic hydroxyl groups excluding tert-OH is 1. The number of allylic oxidation sites excluding steroid dienone is 1. The molecule has 0 radical (unpaired) electrons. The molecule has 0 aliphatic carbocycles. The van der Waals surface area contributed by atoms with Crippen LogP contribution in [0, 0.1) is 0 Å². The van der Waals surface area contributed by atoms with Gasteiger partial charge in [-0.05, 0) is 37.0 Å². The van der Waals surface area contributed by atoms with E-state index in [0.717, 1.165) is 55.9 Å². The standard InChI is InChI=1S/C19H25N3O/c1-2-17(16-23)8-7-13-22(14-18-9-3-5-11-20-18)15-19-10-4-6-12-21-19/h2-3,5,8-12,23H,1,4,6-7,13-16H2/b17-8+. The van der Waals surface area contributed by atoms with E-state index in [0.29, 0.717) is 0 Å². The monoisotopic (exact) mass is 311 g/mol. The molecule has 1 aromatic heterocycles. The van der Waals surface area contributed by atoms with Crippen LogP contribution in [0.15, 0.2) is 65.5 Å². The highest BCUT2D eigenvalue weighted by molar-refractivity contribution is 5.60. The summed E-state index contributed by atoms with van der Waals surface area (Å²) in [6, 6.07) is 5.99. The van der Waals surface area contributed by atoms with E-state index < -0.39 is 0 Å². The molecule has 2 rings (SSSR count). The molecular formula is C19H25N3O. The predicted molar refractivity (Wildman–Crippen MR) is 95.3 cm³/mol. The third-order valence-electron chi connectivity index (χ3n) is 3.73. The van der Waals surface area contributed by atoms with E-state index >= 15 is 0 Å². The van der Waals surface area contributed by atoms with E-state index in [4.69, 9.17) is 0 Å². The summed E-state index contributed by atoms with van der Waals surface area (Å²) >= 11 is 0. The van der Waals surface area contributed by atoms with Crippen molar-refractivity contribution in [1.82, 2.24) is 9.88 Å². The van der Waals surface area contributed by atoms with Gasteiger partial charge in [-0.15, -0.1) is 0 Å². The molecule has 0 unspecified atom stereocenters. The molecular weight excluding hydrogens is 286 g/mol. The zero-order chi connectivity index (χ0) is 16.3. The van der Waals surface area contributed by atoms with Crippen LogP contribution in [0.25, 0.3) is 0 Å². The molecule has 0 atom stereocenters. The second-order valence-corrected chi connectivity index (χ2v) is 5.55. The van der Waals surface area contributed by atoms with Crippen LogP contribution in [0.4, 0.5) is 0 Å². The van der Waals surface area contributed by atoms with Gasteiger partial charge in [0.05, 0.1) is 18.0 Å². The first kappa shape index (κ1) is 17.3. The number of pyridine rings is 1. The highest BCUT2D eigenvalue weighted by Crippen LogP contribution is 2.12. The second-order valence-electron chi connectivity index (χ2n) is 5.55. The lowest BCUT2D eigenvalue weighted by Crippen LogP contribution is -2.27. The Morgan fingerprint density at radius 3 is 2.87 bits per heavy atom. The first-order valence-electron chi connectivity index (χ1n) is 8.08. The van der Waals surface area contributed by atoms with Crippen molar-refractivity contribution in [2.75, 3.05) is 19.7 Å². The Balaban J connectivity index is 1.98. The molecule has 4 nitrogen and oxygen atoms in total. The number of nitrogens with zero attached hydrogens (tertiary/aromatic N) is 3. The first-order valence-corrected chi connectivity index (χ1v) is 8.08. The maximum absolute atomic E-state index is 9.20. The summed E-state index contributed by atoms with van der Waals surface area (Å²) in [5.41, 5.74) is 3.06. The van der Waals surface area contributed by atoms with E-state index in [2.05, 4.69) is 27.5 Å². The van der Waals surface area contributed by atoms with Crippen LogP contribution < -0.4 is 0 Å². The Kier molecular flexibility index (Phi) is 7.43. The average molecular weight is 311 g/mol. The van der Waals surface area contributed by atoms with Gasteiger partial charge < -0.3 is 5.11 Å². The molecule has 0 fully saturated rings. The fourth-order valence-electron chi connectivity index (χ4n) is 2.47. The van der Waals surface area contributed by atoms with Crippen LogP contribution in [-0.2, 0) is 6.54 Å². The molecule has 1 N–H and O–H groups in total. The van der Waals surface area contributed by atoms with Crippen LogP contribution in [-0.4, -0.2) is 40.9 Å². The van der Waals surface area contributed by atoms with Gasteiger partial charge in [-0.3, -0.25) is 14.9 Å². The fraction of sp³-hybridized carbons (Fsp3) is 0.368. The van der Waals surface area contributed by atoms with E-state index in [1.807, 2.05) is 36.7 Å². The molecule has 0 bridgehead atoms. The normalized spacial score (nSPS) is 14.9. The van der Waals surface area contributed by atoms with Gasteiger partial charge in [0.15, 0.2) is 0 Å². The summed E-state index contributed by atoms with van der Waals surface area (Å²) in [5, 5.41) is 9.20. The minimum atomic E-state index is 0.0409. The number of aromatic nitrogens is 1. The molecule has 1 aliphatic heterocycles. The highest BCUT2D eigenvalue weighted by Gasteiger charge is 2.09. The number of rotatable bonds is 9. The quantitative estimate of drug-likeness (QED) is 0.713. The van der Waals surface area contributed by atoms with Gasteiger partial charge >= 0.3 is 0 Å². The van der Waals surface area contributed by atoms with Crippen molar-refractivity contribution >= 4 is 6.21 Å². The largest absolute Gasteiger partial charge is 0.392 e. The molecule has 0 spiro atoms. The zero-order valence-corrected chi connectivity index (χ0v) is 13.6. The molecule has 0 amide bonds. The van der Waals surface area contributed by atoms with E-state index in [-0.39, 0.29) is 6.61 Å². The third kappa shape index (κ3) is 6.30. The maximum atomic E-state index is 9.20. The Bertz CT molecular complexity index is 576. The predicted octanol–water partition coefficient (Wildman–Crippen LogP) is 3.13. The number of aliphatic hydroxyl groups is 1. The number of aliphatic imine (C=N–C) groups is 1. The van der Waals surface area contributed by atoms with Crippen LogP contribution in [0.3, 0.4) is 0 Å². The Hall–Kier alpha value is -2.04. The van der Waals surface area contributed by atoms with Crippen LogP contribution >= 0.6 is 0 Å². The minimum absolute atomic E-state index is 0.0409. The third-order valence-corrected chi connectivity index (χ3v) is 3.73. The Morgan fingerprint density at radius 2 is 2.22 bits per heavy atom. The van der Waals surface area contributed by atoms with E-state index in [1.165, 1.54) is 0 Å². The molecule has 0 aromatic carbocycles. The topological polar surface area (TPSA) is 48.7 Å². The average Bonchev–Trinajstić information content (AvgIpc) is 2.60. The molecule has 4 heteroatoms. The van der Waals surface area contributed by atoms with E-state index in [1.54, 1.807) is 6.08 Å². The summed E-state index contributed by atoms with van der Waals surface area (Å²) in [7, 11) is 0. The van der Waals surface area contributed by atoms with Crippen LogP contribution in [0.2, 0.25) is 0 Å². The van der Waals surface area contributed by atoms with Gasteiger partial charge in [0.1, 0.15) is 0 Å². The lowest BCUT2D eigenvalue weighted by molar-refractivity contribution is 0.288. The van der Waals surface area contributed by atoms with Crippen LogP contribution in [0.1, 0.15) is 25.0 Å². The summed E-state index contributed by atoms with van der Waals surface area (Å²) < 4.78 is 0. The molecule has 1 aromatic rings. The minimum Gasteiger partial charge on any atom is -0.392 e. The molecule has 0 saturated carbocycles. The SMILES string of the molecule is C=C/C(=C\CCN(CC1=CCCC=N1)Cc1ccccn1)CO. The van der Waals surface area contributed by atoms with Gasteiger partial charge in [0, 0.05) is 32.0 Å². The van der Waals surface area contributed by atoms with Gasteiger partial charge in [-0.1, -0.05) is 30.9 Å². The summed E-state index contributed by atoms with van der Waals surface area (Å²) in [4.78, 5) is 11.2. The van der Waals surface area contributed by atoms with Crippen molar-refractivity contribution in [2.45, 2.75) is 25.8 Å². The van der Waals surface area contributed by atoms with Gasteiger partial charge in [-0.2, -0.15) is 0 Å². The smallest absolute Gasteiger partial charge is 0.0678 e. The Labute approximate surface area is 138 Å². The number of hydrogen-bond acceptors (Lipinski definition) is 4. The molecule has 2 heterocycles. The van der Waals surface area contributed by atoms with Gasteiger partial charge in [0.2, 0.25) is 0 Å². The lowest BCUT2D eigenvalue weighted by Gasteiger charge is -2.22. The Morgan fingerprint density at radius 1 is 1.30 bits per heavy atom. The van der Waals surface area contributed by atoms with Crippen LogP contribution in [0.5, 0.6) is 0 Å². The van der Waals surface area contributed by atoms with Crippen molar-refractivity contribution < 1.29 is 5.11 Å². The molecule has 23 heavy (non-hydrogen) atoms.